The predicted octanol–water partition coefficient (Wildman–Crippen LogP) is 3.52. The molecule has 0 unspecified atom stereocenters. The SMILES string of the molecule is COCc1cc(Nc2ccc(CNC(=O)OC)cc2)nc(C(C)(C)C)n1. The van der Waals surface area contributed by atoms with E-state index >= 15 is 0 Å². The second kappa shape index (κ2) is 8.62. The summed E-state index contributed by atoms with van der Waals surface area (Å²) in [5.41, 5.74) is 2.53. The van der Waals surface area contributed by atoms with E-state index in [9.17, 15) is 4.79 Å². The van der Waals surface area contributed by atoms with Gasteiger partial charge in [0.05, 0.1) is 19.4 Å². The summed E-state index contributed by atoms with van der Waals surface area (Å²) < 4.78 is 9.77. The highest BCUT2D eigenvalue weighted by Crippen LogP contribution is 2.23. The molecule has 2 rings (SSSR count). The van der Waals surface area contributed by atoms with E-state index in [-0.39, 0.29) is 5.41 Å². The zero-order valence-corrected chi connectivity index (χ0v) is 15.9. The Morgan fingerprint density at radius 1 is 1.12 bits per heavy atom. The molecule has 0 aliphatic heterocycles. The Kier molecular flexibility index (Phi) is 6.52. The smallest absolute Gasteiger partial charge is 0.407 e. The molecule has 7 heteroatoms. The third-order valence-corrected chi connectivity index (χ3v) is 3.59. The Balaban J connectivity index is 2.14. The van der Waals surface area contributed by atoms with Crippen LogP contribution in [0.2, 0.25) is 0 Å². The zero-order chi connectivity index (χ0) is 19.2. The van der Waals surface area contributed by atoms with E-state index in [2.05, 4.69) is 46.1 Å². The van der Waals surface area contributed by atoms with Crippen LogP contribution in [0.4, 0.5) is 16.3 Å². The van der Waals surface area contributed by atoms with Gasteiger partial charge < -0.3 is 20.1 Å². The lowest BCUT2D eigenvalue weighted by Gasteiger charge is -2.19. The summed E-state index contributed by atoms with van der Waals surface area (Å²) >= 11 is 0. The van der Waals surface area contributed by atoms with Crippen LogP contribution in [0.5, 0.6) is 0 Å². The van der Waals surface area contributed by atoms with Crippen LogP contribution in [0.15, 0.2) is 30.3 Å². The van der Waals surface area contributed by atoms with Crippen molar-refractivity contribution in [3.63, 3.8) is 0 Å². The Labute approximate surface area is 154 Å². The van der Waals surface area contributed by atoms with E-state index in [1.807, 2.05) is 30.3 Å². The first-order valence-corrected chi connectivity index (χ1v) is 8.37. The summed E-state index contributed by atoms with van der Waals surface area (Å²) in [7, 11) is 2.99. The number of benzene rings is 1. The van der Waals surface area contributed by atoms with Crippen molar-refractivity contribution in [1.82, 2.24) is 15.3 Å². The van der Waals surface area contributed by atoms with Gasteiger partial charge in [-0.05, 0) is 17.7 Å². The van der Waals surface area contributed by atoms with Crippen LogP contribution in [-0.4, -0.2) is 30.3 Å². The maximum Gasteiger partial charge on any atom is 0.407 e. The van der Waals surface area contributed by atoms with E-state index in [0.717, 1.165) is 28.6 Å². The largest absolute Gasteiger partial charge is 0.453 e. The van der Waals surface area contributed by atoms with Gasteiger partial charge in [0, 0.05) is 30.8 Å². The zero-order valence-electron chi connectivity index (χ0n) is 15.9. The number of carbonyl (C=O) groups excluding carboxylic acids is 1. The molecule has 0 spiro atoms. The standard InChI is InChI=1S/C19H26N4O3/c1-19(2,3)17-22-15(12-25-4)10-16(23-17)21-14-8-6-13(7-9-14)11-20-18(24)26-5/h6-10H,11-12H2,1-5H3,(H,20,24)(H,21,22,23). The molecule has 26 heavy (non-hydrogen) atoms. The molecule has 0 aliphatic carbocycles. The summed E-state index contributed by atoms with van der Waals surface area (Å²) in [6, 6.07) is 9.61. The summed E-state index contributed by atoms with van der Waals surface area (Å²) in [4.78, 5) is 20.3. The summed E-state index contributed by atoms with van der Waals surface area (Å²) in [5.74, 6) is 1.48. The highest BCUT2D eigenvalue weighted by Gasteiger charge is 2.19. The minimum absolute atomic E-state index is 0.163. The number of methoxy groups -OCH3 is 2. The van der Waals surface area contributed by atoms with Crippen molar-refractivity contribution in [2.45, 2.75) is 39.3 Å². The van der Waals surface area contributed by atoms with E-state index in [1.54, 1.807) is 7.11 Å². The molecule has 140 valence electrons. The number of amides is 1. The fourth-order valence-electron chi connectivity index (χ4n) is 2.22. The van der Waals surface area contributed by atoms with Crippen molar-refractivity contribution in [1.29, 1.82) is 0 Å². The number of ether oxygens (including phenoxy) is 2. The van der Waals surface area contributed by atoms with Gasteiger partial charge in [-0.2, -0.15) is 0 Å². The minimum Gasteiger partial charge on any atom is -0.453 e. The second-order valence-corrected chi connectivity index (χ2v) is 6.92. The van der Waals surface area contributed by atoms with Crippen molar-refractivity contribution < 1.29 is 14.3 Å². The van der Waals surface area contributed by atoms with Gasteiger partial charge in [0.15, 0.2) is 0 Å². The quantitative estimate of drug-likeness (QED) is 0.822. The monoisotopic (exact) mass is 358 g/mol. The highest BCUT2D eigenvalue weighted by atomic mass is 16.5. The van der Waals surface area contributed by atoms with Crippen molar-refractivity contribution in [2.24, 2.45) is 0 Å². The van der Waals surface area contributed by atoms with E-state index in [1.165, 1.54) is 7.11 Å². The van der Waals surface area contributed by atoms with Crippen LogP contribution < -0.4 is 10.6 Å². The normalized spacial score (nSPS) is 11.1. The Morgan fingerprint density at radius 3 is 2.38 bits per heavy atom. The Bertz CT molecular complexity index is 739. The molecule has 0 fully saturated rings. The molecule has 7 nitrogen and oxygen atoms in total. The predicted molar refractivity (Wildman–Crippen MR) is 100 cm³/mol. The maximum atomic E-state index is 11.1. The van der Waals surface area contributed by atoms with E-state index < -0.39 is 6.09 Å². The molecule has 0 saturated carbocycles. The molecule has 1 aromatic carbocycles. The van der Waals surface area contributed by atoms with Gasteiger partial charge in [0.2, 0.25) is 0 Å². The number of rotatable bonds is 6. The Morgan fingerprint density at radius 2 is 1.81 bits per heavy atom. The third-order valence-electron chi connectivity index (χ3n) is 3.59. The molecule has 1 heterocycles. The van der Waals surface area contributed by atoms with E-state index in [4.69, 9.17) is 4.74 Å². The summed E-state index contributed by atoms with van der Waals surface area (Å²) in [5, 5.41) is 5.95. The topological polar surface area (TPSA) is 85.4 Å². The van der Waals surface area contributed by atoms with Gasteiger partial charge >= 0.3 is 6.09 Å². The third kappa shape index (κ3) is 5.70. The fraction of sp³-hybridized carbons (Fsp3) is 0.421. The number of nitrogens with zero attached hydrogens (tertiary/aromatic N) is 2. The number of anilines is 2. The van der Waals surface area contributed by atoms with Crippen molar-refractivity contribution >= 4 is 17.6 Å². The number of alkyl carbamates (subject to hydrolysis) is 1. The molecule has 0 atom stereocenters. The average molecular weight is 358 g/mol. The van der Waals surface area contributed by atoms with E-state index in [0.29, 0.717) is 13.2 Å². The van der Waals surface area contributed by atoms with Crippen molar-refractivity contribution in [3.8, 4) is 0 Å². The molecule has 1 amide bonds. The van der Waals surface area contributed by atoms with Crippen LogP contribution in [0.25, 0.3) is 0 Å². The van der Waals surface area contributed by atoms with Gasteiger partial charge in [-0.15, -0.1) is 0 Å². The maximum absolute atomic E-state index is 11.1. The summed E-state index contributed by atoms with van der Waals surface area (Å²) in [6.45, 7) is 7.06. The van der Waals surface area contributed by atoms with Crippen LogP contribution in [0, 0.1) is 0 Å². The van der Waals surface area contributed by atoms with Gasteiger partial charge in [-0.1, -0.05) is 32.9 Å². The fourth-order valence-corrected chi connectivity index (χ4v) is 2.22. The first-order chi connectivity index (χ1) is 12.3. The Hall–Kier alpha value is -2.67. The molecule has 2 aromatic rings. The molecule has 0 saturated heterocycles. The van der Waals surface area contributed by atoms with Crippen LogP contribution in [-0.2, 0) is 28.0 Å². The lowest BCUT2D eigenvalue weighted by Crippen LogP contribution is -2.22. The molecule has 0 aliphatic rings. The van der Waals surface area contributed by atoms with Gasteiger partial charge in [0.25, 0.3) is 0 Å². The van der Waals surface area contributed by atoms with Gasteiger partial charge in [-0.3, -0.25) is 0 Å². The van der Waals surface area contributed by atoms with Gasteiger partial charge in [-0.25, -0.2) is 14.8 Å². The van der Waals surface area contributed by atoms with Crippen LogP contribution in [0.3, 0.4) is 0 Å². The highest BCUT2D eigenvalue weighted by molar-refractivity contribution is 5.67. The second-order valence-electron chi connectivity index (χ2n) is 6.92. The number of carbonyl (C=O) groups is 1. The minimum atomic E-state index is -0.450. The molecule has 1 aromatic heterocycles. The summed E-state index contributed by atoms with van der Waals surface area (Å²) in [6.07, 6.45) is -0.450. The molecule has 0 radical (unpaired) electrons. The van der Waals surface area contributed by atoms with Crippen molar-refractivity contribution in [3.05, 3.63) is 47.4 Å². The van der Waals surface area contributed by atoms with Crippen LogP contribution in [0.1, 0.15) is 37.9 Å². The number of hydrogen-bond donors (Lipinski definition) is 2. The average Bonchev–Trinajstić information content (AvgIpc) is 2.60. The molecular formula is C19H26N4O3. The molecule has 2 N–H and O–H groups in total. The molecule has 0 bridgehead atoms. The van der Waals surface area contributed by atoms with Gasteiger partial charge in [0.1, 0.15) is 11.6 Å². The number of aromatic nitrogens is 2. The first kappa shape index (κ1) is 19.7. The van der Waals surface area contributed by atoms with Crippen LogP contribution >= 0.6 is 0 Å². The lowest BCUT2D eigenvalue weighted by atomic mass is 9.95. The van der Waals surface area contributed by atoms with Crippen molar-refractivity contribution in [2.75, 3.05) is 19.5 Å². The number of nitrogens with one attached hydrogen (secondary N) is 2. The lowest BCUT2D eigenvalue weighted by molar-refractivity contribution is 0.170. The molecular weight excluding hydrogens is 332 g/mol. The first-order valence-electron chi connectivity index (χ1n) is 8.37. The number of hydrogen-bond acceptors (Lipinski definition) is 6.